The number of hydrogen-bond donors (Lipinski definition) is 0. The summed E-state index contributed by atoms with van der Waals surface area (Å²) in [5, 5.41) is 2.03. The van der Waals surface area contributed by atoms with Gasteiger partial charge in [-0.2, -0.15) is 0 Å². The van der Waals surface area contributed by atoms with Crippen molar-refractivity contribution in [1.29, 1.82) is 0 Å². The third-order valence-electron chi connectivity index (χ3n) is 4.69. The van der Waals surface area contributed by atoms with Gasteiger partial charge in [-0.05, 0) is 44.1 Å². The van der Waals surface area contributed by atoms with E-state index in [9.17, 15) is 4.79 Å². The molecule has 0 N–H and O–H groups in total. The average molecular weight is 328 g/mol. The smallest absolute Gasteiger partial charge is 0.222 e. The highest BCUT2D eigenvalue weighted by atomic mass is 32.1. The second kappa shape index (κ2) is 7.73. The largest absolute Gasteiger partial charge is 0.343 e. The number of carbonyl (C=O) groups is 1. The van der Waals surface area contributed by atoms with E-state index in [1.165, 1.54) is 11.1 Å². The fourth-order valence-electron chi connectivity index (χ4n) is 3.20. The fourth-order valence-corrected chi connectivity index (χ4v) is 3.79. The quantitative estimate of drug-likeness (QED) is 0.835. The minimum absolute atomic E-state index is 0.284. The maximum absolute atomic E-state index is 12.3. The molecule has 1 aromatic heterocycles. The highest BCUT2D eigenvalue weighted by Gasteiger charge is 2.22. The Morgan fingerprint density at radius 1 is 1.26 bits per heavy atom. The highest BCUT2D eigenvalue weighted by Crippen LogP contribution is 2.22. The van der Waals surface area contributed by atoms with Crippen molar-refractivity contribution in [2.75, 3.05) is 13.1 Å². The van der Waals surface area contributed by atoms with Gasteiger partial charge in [0.15, 0.2) is 0 Å². The second-order valence-electron chi connectivity index (χ2n) is 6.49. The summed E-state index contributed by atoms with van der Waals surface area (Å²) >= 11 is 1.59. The Hall–Kier alpha value is -1.68. The Morgan fingerprint density at radius 3 is 2.65 bits per heavy atom. The number of carbonyl (C=O) groups excluding carboxylic acids is 1. The second-order valence-corrected chi connectivity index (χ2v) is 7.21. The lowest BCUT2D eigenvalue weighted by Crippen LogP contribution is -2.39. The predicted molar refractivity (Wildman–Crippen MR) is 94.6 cm³/mol. The van der Waals surface area contributed by atoms with Crippen molar-refractivity contribution in [2.45, 2.75) is 39.0 Å². The molecule has 0 saturated carbocycles. The number of thiazole rings is 1. The van der Waals surface area contributed by atoms with Gasteiger partial charge in [0.25, 0.3) is 0 Å². The number of aromatic nitrogens is 1. The number of amides is 1. The molecular weight excluding hydrogens is 304 g/mol. The van der Waals surface area contributed by atoms with Crippen LogP contribution < -0.4 is 0 Å². The van der Waals surface area contributed by atoms with Gasteiger partial charge < -0.3 is 4.90 Å². The van der Waals surface area contributed by atoms with Gasteiger partial charge in [-0.25, -0.2) is 4.98 Å². The summed E-state index contributed by atoms with van der Waals surface area (Å²) in [6, 6.07) is 8.85. The molecule has 1 amide bonds. The average Bonchev–Trinajstić information content (AvgIpc) is 3.09. The van der Waals surface area contributed by atoms with Crippen LogP contribution in [-0.4, -0.2) is 28.9 Å². The number of benzene rings is 1. The molecule has 1 fully saturated rings. The molecule has 1 aliphatic rings. The lowest BCUT2D eigenvalue weighted by atomic mass is 9.90. The number of hydrogen-bond acceptors (Lipinski definition) is 3. The third-order valence-corrected chi connectivity index (χ3v) is 5.33. The topological polar surface area (TPSA) is 33.2 Å². The lowest BCUT2D eigenvalue weighted by Gasteiger charge is -2.32. The number of nitrogens with zero attached hydrogens (tertiary/aromatic N) is 2. The predicted octanol–water partition coefficient (Wildman–Crippen LogP) is 3.87. The summed E-state index contributed by atoms with van der Waals surface area (Å²) in [5.41, 5.74) is 5.60. The summed E-state index contributed by atoms with van der Waals surface area (Å²) < 4.78 is 0. The monoisotopic (exact) mass is 328 g/mol. The van der Waals surface area contributed by atoms with Crippen LogP contribution in [0, 0.1) is 12.8 Å². The molecule has 0 aliphatic carbocycles. The van der Waals surface area contributed by atoms with Gasteiger partial charge in [0.2, 0.25) is 5.91 Å². The van der Waals surface area contributed by atoms with Gasteiger partial charge in [-0.15, -0.1) is 11.3 Å². The Bertz CT molecular complexity index is 613. The first-order chi connectivity index (χ1) is 11.2. The van der Waals surface area contributed by atoms with Gasteiger partial charge in [0.05, 0.1) is 11.2 Å². The lowest BCUT2D eigenvalue weighted by molar-refractivity contribution is -0.132. The Morgan fingerprint density at radius 2 is 2.00 bits per heavy atom. The van der Waals surface area contributed by atoms with Crippen LogP contribution in [0.15, 0.2) is 35.2 Å². The van der Waals surface area contributed by atoms with Gasteiger partial charge in [-0.3, -0.25) is 4.79 Å². The van der Waals surface area contributed by atoms with Gasteiger partial charge in [0, 0.05) is 24.9 Å². The number of piperidine rings is 1. The van der Waals surface area contributed by atoms with Crippen LogP contribution in [0.3, 0.4) is 0 Å². The van der Waals surface area contributed by atoms with Gasteiger partial charge in [0.1, 0.15) is 0 Å². The van der Waals surface area contributed by atoms with E-state index >= 15 is 0 Å². The molecule has 0 unspecified atom stereocenters. The van der Waals surface area contributed by atoms with E-state index in [0.717, 1.165) is 44.5 Å². The minimum Gasteiger partial charge on any atom is -0.343 e. The molecule has 122 valence electrons. The van der Waals surface area contributed by atoms with E-state index in [4.69, 9.17) is 0 Å². The zero-order valence-corrected chi connectivity index (χ0v) is 14.5. The molecule has 1 aliphatic heterocycles. The van der Waals surface area contributed by atoms with E-state index in [-0.39, 0.29) is 5.91 Å². The van der Waals surface area contributed by atoms with Crippen molar-refractivity contribution in [2.24, 2.45) is 5.92 Å². The Kier molecular flexibility index (Phi) is 5.44. The van der Waals surface area contributed by atoms with Crippen molar-refractivity contribution >= 4 is 17.2 Å². The SMILES string of the molecule is Cc1ccc(CC2CCN(C(=O)CCc3cscn3)CC2)cc1. The molecule has 3 nitrogen and oxygen atoms in total. The zero-order chi connectivity index (χ0) is 16.1. The number of rotatable bonds is 5. The van der Waals surface area contributed by atoms with Crippen molar-refractivity contribution in [1.82, 2.24) is 9.88 Å². The van der Waals surface area contributed by atoms with E-state index in [2.05, 4.69) is 36.2 Å². The molecule has 1 aromatic carbocycles. The van der Waals surface area contributed by atoms with E-state index in [1.54, 1.807) is 11.3 Å². The molecule has 4 heteroatoms. The highest BCUT2D eigenvalue weighted by molar-refractivity contribution is 7.07. The van der Waals surface area contributed by atoms with Crippen LogP contribution in [0.4, 0.5) is 0 Å². The van der Waals surface area contributed by atoms with Gasteiger partial charge in [-0.1, -0.05) is 29.8 Å². The van der Waals surface area contributed by atoms with Crippen LogP contribution in [0.25, 0.3) is 0 Å². The Labute approximate surface area is 142 Å². The molecule has 23 heavy (non-hydrogen) atoms. The summed E-state index contributed by atoms with van der Waals surface area (Å²) in [7, 11) is 0. The van der Waals surface area contributed by atoms with Crippen LogP contribution in [0.2, 0.25) is 0 Å². The maximum atomic E-state index is 12.3. The Balaban J connectivity index is 1.42. The normalized spacial score (nSPS) is 15.8. The standard InChI is InChI=1S/C19H24N2OS/c1-15-2-4-16(5-3-15)12-17-8-10-21(11-9-17)19(22)7-6-18-13-23-14-20-18/h2-5,13-14,17H,6-12H2,1H3. The van der Waals surface area contributed by atoms with Crippen molar-refractivity contribution < 1.29 is 4.79 Å². The van der Waals surface area contributed by atoms with Crippen LogP contribution in [0.5, 0.6) is 0 Å². The molecule has 2 aromatic rings. The number of aryl methyl sites for hydroxylation is 2. The first-order valence-electron chi connectivity index (χ1n) is 8.41. The molecule has 3 rings (SSSR count). The summed E-state index contributed by atoms with van der Waals surface area (Å²) in [4.78, 5) is 18.6. The van der Waals surface area contributed by atoms with Crippen molar-refractivity contribution in [3.8, 4) is 0 Å². The van der Waals surface area contributed by atoms with Crippen LogP contribution in [-0.2, 0) is 17.6 Å². The molecule has 0 bridgehead atoms. The van der Waals surface area contributed by atoms with Crippen LogP contribution in [0.1, 0.15) is 36.1 Å². The summed E-state index contributed by atoms with van der Waals surface area (Å²) in [5.74, 6) is 0.993. The molecule has 2 heterocycles. The zero-order valence-electron chi connectivity index (χ0n) is 13.7. The first kappa shape index (κ1) is 16.2. The fraction of sp³-hybridized carbons (Fsp3) is 0.474. The molecule has 0 spiro atoms. The third kappa shape index (κ3) is 4.64. The molecule has 0 radical (unpaired) electrons. The first-order valence-corrected chi connectivity index (χ1v) is 9.35. The van der Waals surface area contributed by atoms with E-state index < -0.39 is 0 Å². The summed E-state index contributed by atoms with van der Waals surface area (Å²) in [6.07, 6.45) is 4.74. The van der Waals surface area contributed by atoms with Crippen LogP contribution >= 0.6 is 11.3 Å². The van der Waals surface area contributed by atoms with Crippen molar-refractivity contribution in [3.63, 3.8) is 0 Å². The van der Waals surface area contributed by atoms with E-state index in [0.29, 0.717) is 12.3 Å². The molecular formula is C19H24N2OS. The minimum atomic E-state index is 0.284. The molecule has 1 saturated heterocycles. The van der Waals surface area contributed by atoms with Gasteiger partial charge >= 0.3 is 0 Å². The molecule has 0 atom stereocenters. The summed E-state index contributed by atoms with van der Waals surface area (Å²) in [6.45, 7) is 3.94. The van der Waals surface area contributed by atoms with E-state index in [1.807, 2.05) is 15.8 Å². The maximum Gasteiger partial charge on any atom is 0.222 e. The number of likely N-dealkylation sites (tertiary alicyclic amines) is 1. The van der Waals surface area contributed by atoms with Crippen molar-refractivity contribution in [3.05, 3.63) is 52.0 Å².